The lowest BCUT2D eigenvalue weighted by molar-refractivity contribution is -0.136. The summed E-state index contributed by atoms with van der Waals surface area (Å²) in [6.45, 7) is 8.61. The molecule has 17 heavy (non-hydrogen) atoms. The number of rotatable bonds is 2. The lowest BCUT2D eigenvalue weighted by atomic mass is 9.95. The second-order valence-corrected chi connectivity index (χ2v) is 5.35. The van der Waals surface area contributed by atoms with Crippen molar-refractivity contribution in [2.75, 3.05) is 26.7 Å². The summed E-state index contributed by atoms with van der Waals surface area (Å²) in [4.78, 5) is 16.5. The third kappa shape index (κ3) is 3.44. The Morgan fingerprint density at radius 1 is 1.41 bits per heavy atom. The Kier molecular flexibility index (Phi) is 4.95. The van der Waals surface area contributed by atoms with Crippen LogP contribution in [0, 0.1) is 23.2 Å². The molecule has 0 aromatic rings. The molecule has 0 aromatic heterocycles. The van der Waals surface area contributed by atoms with Gasteiger partial charge in [0.15, 0.2) is 0 Å². The van der Waals surface area contributed by atoms with Crippen LogP contribution in [-0.4, -0.2) is 48.4 Å². The summed E-state index contributed by atoms with van der Waals surface area (Å²) in [7, 11) is 2.08. The molecule has 0 spiro atoms. The number of carbonyl (C=O) groups is 1. The third-order valence-electron chi connectivity index (χ3n) is 3.40. The molecule has 0 saturated carbocycles. The van der Waals surface area contributed by atoms with E-state index < -0.39 is 5.92 Å². The van der Waals surface area contributed by atoms with Gasteiger partial charge < -0.3 is 9.80 Å². The highest BCUT2D eigenvalue weighted by molar-refractivity contribution is 5.81. The van der Waals surface area contributed by atoms with Crippen molar-refractivity contribution in [2.24, 2.45) is 11.8 Å². The van der Waals surface area contributed by atoms with Gasteiger partial charge in [-0.1, -0.05) is 13.8 Å². The maximum Gasteiger partial charge on any atom is 0.240 e. The summed E-state index contributed by atoms with van der Waals surface area (Å²) in [5.74, 6) is -0.410. The summed E-state index contributed by atoms with van der Waals surface area (Å²) >= 11 is 0. The lowest BCUT2D eigenvalue weighted by Gasteiger charge is -2.30. The Hall–Kier alpha value is -1.08. The van der Waals surface area contributed by atoms with Crippen LogP contribution in [0.4, 0.5) is 0 Å². The topological polar surface area (TPSA) is 47.3 Å². The van der Waals surface area contributed by atoms with Crippen molar-refractivity contribution >= 4 is 5.91 Å². The molecule has 1 fully saturated rings. The fourth-order valence-corrected chi connectivity index (χ4v) is 2.37. The largest absolute Gasteiger partial charge is 0.338 e. The summed E-state index contributed by atoms with van der Waals surface area (Å²) in [5.41, 5.74) is 0. The average molecular weight is 237 g/mol. The zero-order valence-corrected chi connectivity index (χ0v) is 11.3. The van der Waals surface area contributed by atoms with Crippen LogP contribution < -0.4 is 0 Å². The van der Waals surface area contributed by atoms with Gasteiger partial charge in [-0.15, -0.1) is 0 Å². The first-order valence-electron chi connectivity index (χ1n) is 6.36. The van der Waals surface area contributed by atoms with E-state index in [-0.39, 0.29) is 17.9 Å². The highest BCUT2D eigenvalue weighted by Gasteiger charge is 2.31. The second-order valence-electron chi connectivity index (χ2n) is 5.35. The zero-order chi connectivity index (χ0) is 13.0. The molecule has 1 heterocycles. The van der Waals surface area contributed by atoms with Crippen LogP contribution in [-0.2, 0) is 4.79 Å². The van der Waals surface area contributed by atoms with E-state index in [0.29, 0.717) is 0 Å². The molecule has 0 radical (unpaired) electrons. The van der Waals surface area contributed by atoms with Gasteiger partial charge in [-0.05, 0) is 32.9 Å². The number of hydrogen-bond acceptors (Lipinski definition) is 3. The standard InChI is InChI=1S/C13H23N3O/c1-10(2)12(8-14)13(17)16-7-5-6-15(4)9-11(16)3/h10-12H,5-7,9H2,1-4H3. The first kappa shape index (κ1) is 14.0. The summed E-state index contributed by atoms with van der Waals surface area (Å²) in [6, 6.07) is 2.34. The van der Waals surface area contributed by atoms with Gasteiger partial charge in [-0.25, -0.2) is 0 Å². The molecule has 2 unspecified atom stereocenters. The molecular weight excluding hydrogens is 214 g/mol. The molecule has 1 rings (SSSR count). The van der Waals surface area contributed by atoms with Gasteiger partial charge in [-0.2, -0.15) is 5.26 Å². The minimum atomic E-state index is -0.499. The SMILES string of the molecule is CC(C)C(C#N)C(=O)N1CCCN(C)CC1C. The molecule has 4 nitrogen and oxygen atoms in total. The predicted octanol–water partition coefficient (Wildman–Crippen LogP) is 1.33. The molecule has 1 amide bonds. The molecule has 1 aliphatic rings. The molecule has 2 atom stereocenters. The fourth-order valence-electron chi connectivity index (χ4n) is 2.37. The van der Waals surface area contributed by atoms with Crippen LogP contribution in [0.1, 0.15) is 27.2 Å². The molecule has 1 saturated heterocycles. The van der Waals surface area contributed by atoms with Gasteiger partial charge >= 0.3 is 0 Å². The zero-order valence-electron chi connectivity index (χ0n) is 11.3. The van der Waals surface area contributed by atoms with E-state index in [1.165, 1.54) is 0 Å². The minimum Gasteiger partial charge on any atom is -0.338 e. The van der Waals surface area contributed by atoms with E-state index in [2.05, 4.69) is 24.9 Å². The molecule has 1 aliphatic heterocycles. The van der Waals surface area contributed by atoms with Crippen LogP contribution >= 0.6 is 0 Å². The molecule has 4 heteroatoms. The molecular formula is C13H23N3O. The van der Waals surface area contributed by atoms with E-state index in [9.17, 15) is 4.79 Å². The van der Waals surface area contributed by atoms with Crippen molar-refractivity contribution in [1.29, 1.82) is 5.26 Å². The van der Waals surface area contributed by atoms with Gasteiger partial charge in [0, 0.05) is 19.1 Å². The number of hydrogen-bond donors (Lipinski definition) is 0. The van der Waals surface area contributed by atoms with E-state index >= 15 is 0 Å². The third-order valence-corrected chi connectivity index (χ3v) is 3.40. The second kappa shape index (κ2) is 6.02. The van der Waals surface area contributed by atoms with Crippen LogP contribution in [0.5, 0.6) is 0 Å². The van der Waals surface area contributed by atoms with Crippen LogP contribution in [0.2, 0.25) is 0 Å². The van der Waals surface area contributed by atoms with Crippen molar-refractivity contribution in [1.82, 2.24) is 9.80 Å². The van der Waals surface area contributed by atoms with Crippen molar-refractivity contribution in [3.05, 3.63) is 0 Å². The Balaban J connectivity index is 2.77. The first-order chi connectivity index (χ1) is 7.97. The Labute approximate surface area is 104 Å². The highest BCUT2D eigenvalue weighted by atomic mass is 16.2. The summed E-state index contributed by atoms with van der Waals surface area (Å²) in [6.07, 6.45) is 0.989. The van der Waals surface area contributed by atoms with Crippen molar-refractivity contribution < 1.29 is 4.79 Å². The van der Waals surface area contributed by atoms with Gasteiger partial charge in [0.1, 0.15) is 5.92 Å². The maximum absolute atomic E-state index is 12.3. The van der Waals surface area contributed by atoms with Gasteiger partial charge in [0.05, 0.1) is 6.07 Å². The number of likely N-dealkylation sites (N-methyl/N-ethyl adjacent to an activating group) is 1. The van der Waals surface area contributed by atoms with Crippen molar-refractivity contribution in [2.45, 2.75) is 33.2 Å². The van der Waals surface area contributed by atoms with Crippen LogP contribution in [0.25, 0.3) is 0 Å². The molecule has 0 N–H and O–H groups in total. The Morgan fingerprint density at radius 2 is 2.06 bits per heavy atom. The van der Waals surface area contributed by atoms with Crippen molar-refractivity contribution in [3.8, 4) is 6.07 Å². The lowest BCUT2D eigenvalue weighted by Crippen LogP contribution is -2.45. The number of carbonyl (C=O) groups excluding carboxylic acids is 1. The van der Waals surface area contributed by atoms with E-state index in [1.54, 1.807) is 0 Å². The minimum absolute atomic E-state index is 0.00491. The smallest absolute Gasteiger partial charge is 0.240 e. The van der Waals surface area contributed by atoms with Gasteiger partial charge in [-0.3, -0.25) is 4.79 Å². The summed E-state index contributed by atoms with van der Waals surface area (Å²) < 4.78 is 0. The van der Waals surface area contributed by atoms with Crippen molar-refractivity contribution in [3.63, 3.8) is 0 Å². The first-order valence-corrected chi connectivity index (χ1v) is 6.36. The fraction of sp³-hybridized carbons (Fsp3) is 0.846. The maximum atomic E-state index is 12.3. The van der Waals surface area contributed by atoms with E-state index in [4.69, 9.17) is 5.26 Å². The number of amides is 1. The van der Waals surface area contributed by atoms with E-state index in [1.807, 2.05) is 18.7 Å². The monoisotopic (exact) mass is 237 g/mol. The Bertz CT molecular complexity index is 308. The average Bonchev–Trinajstić information content (AvgIpc) is 2.39. The summed E-state index contributed by atoms with van der Waals surface area (Å²) in [5, 5.41) is 9.10. The normalized spacial score (nSPS) is 24.2. The number of nitrogens with zero attached hydrogens (tertiary/aromatic N) is 3. The van der Waals surface area contributed by atoms with Crippen LogP contribution in [0.15, 0.2) is 0 Å². The van der Waals surface area contributed by atoms with Crippen LogP contribution in [0.3, 0.4) is 0 Å². The van der Waals surface area contributed by atoms with E-state index in [0.717, 1.165) is 26.1 Å². The van der Waals surface area contributed by atoms with Gasteiger partial charge in [0.25, 0.3) is 0 Å². The quantitative estimate of drug-likeness (QED) is 0.728. The van der Waals surface area contributed by atoms with Gasteiger partial charge in [0.2, 0.25) is 5.91 Å². The molecule has 96 valence electrons. The molecule has 0 aromatic carbocycles. The Morgan fingerprint density at radius 3 is 2.59 bits per heavy atom. The molecule has 0 bridgehead atoms. The number of nitriles is 1. The molecule has 0 aliphatic carbocycles. The highest BCUT2D eigenvalue weighted by Crippen LogP contribution is 2.17. The predicted molar refractivity (Wildman–Crippen MR) is 67.2 cm³/mol.